The first-order chi connectivity index (χ1) is 10.5. The van der Waals surface area contributed by atoms with Crippen LogP contribution in [0.4, 0.5) is 15.3 Å². The summed E-state index contributed by atoms with van der Waals surface area (Å²) in [5, 5.41) is 12.7. The van der Waals surface area contributed by atoms with Crippen molar-refractivity contribution in [3.8, 4) is 5.75 Å². The zero-order valence-electron chi connectivity index (χ0n) is 11.3. The van der Waals surface area contributed by atoms with Crippen LogP contribution in [0.2, 0.25) is 0 Å². The summed E-state index contributed by atoms with van der Waals surface area (Å²) in [7, 11) is 0. The Morgan fingerprint density at radius 3 is 2.36 bits per heavy atom. The number of hydrogen-bond acceptors (Lipinski definition) is 4. The molecule has 112 valence electrons. The minimum atomic E-state index is -1.45. The fourth-order valence-electron chi connectivity index (χ4n) is 1.65. The van der Waals surface area contributed by atoms with Crippen molar-refractivity contribution >= 4 is 23.8 Å². The molecule has 0 aliphatic rings. The van der Waals surface area contributed by atoms with Gasteiger partial charge in [0, 0.05) is 11.3 Å². The molecule has 3 N–H and O–H groups in total. The summed E-state index contributed by atoms with van der Waals surface area (Å²) in [4.78, 5) is 33.7. The van der Waals surface area contributed by atoms with E-state index < -0.39 is 18.1 Å². The molecule has 22 heavy (non-hydrogen) atoms. The fourth-order valence-corrected chi connectivity index (χ4v) is 1.65. The number of carbonyl (C=O) groups excluding carboxylic acids is 2. The summed E-state index contributed by atoms with van der Waals surface area (Å²) >= 11 is 0. The number of carbonyl (C=O) groups is 3. The van der Waals surface area contributed by atoms with Gasteiger partial charge in [0.15, 0.2) is 0 Å². The second-order valence-electron chi connectivity index (χ2n) is 4.17. The van der Waals surface area contributed by atoms with E-state index in [-0.39, 0.29) is 5.56 Å². The Morgan fingerprint density at radius 2 is 1.68 bits per heavy atom. The molecule has 0 heterocycles. The van der Waals surface area contributed by atoms with Gasteiger partial charge in [-0.2, -0.15) is 0 Å². The van der Waals surface area contributed by atoms with E-state index in [1.165, 1.54) is 18.2 Å². The van der Waals surface area contributed by atoms with Gasteiger partial charge in [0.2, 0.25) is 0 Å². The predicted octanol–water partition coefficient (Wildman–Crippen LogP) is 2.71. The number of anilines is 1. The lowest BCUT2D eigenvalue weighted by molar-refractivity contribution is 0.0948. The van der Waals surface area contributed by atoms with Crippen LogP contribution in [0.3, 0.4) is 0 Å². The molecule has 2 aromatic carbocycles. The summed E-state index contributed by atoms with van der Waals surface area (Å²) < 4.78 is 5.04. The summed E-state index contributed by atoms with van der Waals surface area (Å²) in [6.07, 6.45) is -2.17. The molecule has 0 radical (unpaired) electrons. The number of carboxylic acid groups (broad SMARTS) is 1. The summed E-state index contributed by atoms with van der Waals surface area (Å²) in [5.74, 6) is -0.410. The van der Waals surface area contributed by atoms with E-state index in [4.69, 9.17) is 9.84 Å². The highest BCUT2D eigenvalue weighted by Gasteiger charge is 2.11. The van der Waals surface area contributed by atoms with Gasteiger partial charge >= 0.3 is 12.2 Å². The van der Waals surface area contributed by atoms with E-state index in [0.717, 1.165) is 0 Å². The standard InChI is InChI=1S/C15H12N2O5/c18-13(17-14(19)20)10-5-4-6-11(9-10)16-15(21)22-12-7-2-1-3-8-12/h1-9H,(H,16,21)(H,17,18)(H,19,20). The number of imide groups is 1. The maximum atomic E-state index is 11.7. The molecule has 7 nitrogen and oxygen atoms in total. The Balaban J connectivity index is 2.02. The molecule has 2 rings (SSSR count). The third-order valence-electron chi connectivity index (χ3n) is 2.55. The molecule has 0 unspecified atom stereocenters. The van der Waals surface area contributed by atoms with Crippen LogP contribution in [0.5, 0.6) is 5.75 Å². The monoisotopic (exact) mass is 300 g/mol. The van der Waals surface area contributed by atoms with Crippen molar-refractivity contribution in [2.75, 3.05) is 5.32 Å². The van der Waals surface area contributed by atoms with Crippen LogP contribution >= 0.6 is 0 Å². The maximum absolute atomic E-state index is 11.7. The number of nitrogens with one attached hydrogen (secondary N) is 2. The van der Waals surface area contributed by atoms with Crippen LogP contribution < -0.4 is 15.4 Å². The molecule has 0 spiro atoms. The SMILES string of the molecule is O=C(O)NC(=O)c1cccc(NC(=O)Oc2ccccc2)c1. The first-order valence-electron chi connectivity index (χ1n) is 6.23. The van der Waals surface area contributed by atoms with Crippen molar-refractivity contribution in [1.82, 2.24) is 5.32 Å². The molecule has 0 saturated carbocycles. The second-order valence-corrected chi connectivity index (χ2v) is 4.17. The van der Waals surface area contributed by atoms with Gasteiger partial charge in [-0.3, -0.25) is 15.4 Å². The van der Waals surface area contributed by atoms with E-state index in [9.17, 15) is 14.4 Å². The molecule has 0 fully saturated rings. The Kier molecular flexibility index (Phi) is 4.71. The lowest BCUT2D eigenvalue weighted by Gasteiger charge is -2.07. The topological polar surface area (TPSA) is 105 Å². The van der Waals surface area contributed by atoms with Crippen molar-refractivity contribution in [2.24, 2.45) is 0 Å². The van der Waals surface area contributed by atoms with Crippen LogP contribution in [0.25, 0.3) is 0 Å². The Morgan fingerprint density at radius 1 is 0.955 bits per heavy atom. The number of benzene rings is 2. The number of hydrogen-bond donors (Lipinski definition) is 3. The minimum Gasteiger partial charge on any atom is -0.465 e. The van der Waals surface area contributed by atoms with Crippen molar-refractivity contribution in [2.45, 2.75) is 0 Å². The van der Waals surface area contributed by atoms with Gasteiger partial charge in [-0.15, -0.1) is 0 Å². The van der Waals surface area contributed by atoms with E-state index in [1.807, 2.05) is 0 Å². The molecule has 7 heteroatoms. The molecule has 0 aromatic heterocycles. The zero-order chi connectivity index (χ0) is 15.9. The van der Waals surface area contributed by atoms with Crippen LogP contribution in [0, 0.1) is 0 Å². The molecule has 2 aromatic rings. The molecule has 0 saturated heterocycles. The first kappa shape index (κ1) is 15.0. The molecule has 0 bridgehead atoms. The smallest absolute Gasteiger partial charge is 0.417 e. The largest absolute Gasteiger partial charge is 0.465 e. The maximum Gasteiger partial charge on any atom is 0.417 e. The summed E-state index contributed by atoms with van der Waals surface area (Å²) in [6, 6.07) is 14.3. The number of ether oxygens (including phenoxy) is 1. The predicted molar refractivity (Wildman–Crippen MR) is 78.0 cm³/mol. The van der Waals surface area contributed by atoms with Gasteiger partial charge in [-0.25, -0.2) is 9.59 Å². The summed E-state index contributed by atoms with van der Waals surface area (Å²) in [5.41, 5.74) is 0.402. The highest BCUT2D eigenvalue weighted by molar-refractivity contribution is 6.03. The van der Waals surface area contributed by atoms with Gasteiger partial charge in [0.05, 0.1) is 0 Å². The zero-order valence-corrected chi connectivity index (χ0v) is 11.3. The van der Waals surface area contributed by atoms with Gasteiger partial charge in [0.1, 0.15) is 5.75 Å². The summed E-state index contributed by atoms with van der Waals surface area (Å²) in [6.45, 7) is 0. The van der Waals surface area contributed by atoms with Gasteiger partial charge < -0.3 is 9.84 Å². The third kappa shape index (κ3) is 4.34. The number of rotatable bonds is 3. The van der Waals surface area contributed by atoms with Gasteiger partial charge in [-0.1, -0.05) is 24.3 Å². The van der Waals surface area contributed by atoms with Crippen LogP contribution in [0.1, 0.15) is 10.4 Å². The number of amides is 3. The Hall–Kier alpha value is -3.35. The van der Waals surface area contributed by atoms with Gasteiger partial charge in [-0.05, 0) is 30.3 Å². The van der Waals surface area contributed by atoms with Crippen molar-refractivity contribution in [3.05, 3.63) is 60.2 Å². The van der Waals surface area contributed by atoms with Crippen LogP contribution in [-0.4, -0.2) is 23.2 Å². The van der Waals surface area contributed by atoms with Crippen molar-refractivity contribution in [3.63, 3.8) is 0 Å². The number of para-hydroxylation sites is 1. The molecule has 3 amide bonds. The normalized spacial score (nSPS) is 9.64. The molecule has 0 aliphatic carbocycles. The highest BCUT2D eigenvalue weighted by Crippen LogP contribution is 2.13. The van der Waals surface area contributed by atoms with E-state index in [1.54, 1.807) is 41.7 Å². The minimum absolute atomic E-state index is 0.0971. The van der Waals surface area contributed by atoms with Crippen molar-refractivity contribution < 1.29 is 24.2 Å². The molecule has 0 atom stereocenters. The average molecular weight is 300 g/mol. The highest BCUT2D eigenvalue weighted by atomic mass is 16.6. The van der Waals surface area contributed by atoms with Gasteiger partial charge in [0.25, 0.3) is 5.91 Å². The lowest BCUT2D eigenvalue weighted by atomic mass is 10.2. The van der Waals surface area contributed by atoms with Crippen molar-refractivity contribution in [1.29, 1.82) is 0 Å². The third-order valence-corrected chi connectivity index (χ3v) is 2.55. The Bertz CT molecular complexity index is 700. The van der Waals surface area contributed by atoms with E-state index >= 15 is 0 Å². The second kappa shape index (κ2) is 6.89. The Labute approximate surface area is 125 Å². The fraction of sp³-hybridized carbons (Fsp3) is 0. The van der Waals surface area contributed by atoms with Crippen LogP contribution in [0.15, 0.2) is 54.6 Å². The molecular weight excluding hydrogens is 288 g/mol. The molecule has 0 aliphatic heterocycles. The van der Waals surface area contributed by atoms with Crippen LogP contribution in [-0.2, 0) is 0 Å². The lowest BCUT2D eigenvalue weighted by Crippen LogP contribution is -2.28. The molecular formula is C15H12N2O5. The average Bonchev–Trinajstić information content (AvgIpc) is 2.47. The van der Waals surface area contributed by atoms with E-state index in [0.29, 0.717) is 11.4 Å². The first-order valence-corrected chi connectivity index (χ1v) is 6.23. The quantitative estimate of drug-likeness (QED) is 0.808. The van der Waals surface area contributed by atoms with E-state index in [2.05, 4.69) is 5.32 Å².